The molecule has 2 N–H and O–H groups in total. The van der Waals surface area contributed by atoms with Crippen LogP contribution in [0.4, 0.5) is 0 Å². The van der Waals surface area contributed by atoms with Gasteiger partial charge in [-0.25, -0.2) is 0 Å². The van der Waals surface area contributed by atoms with Crippen molar-refractivity contribution in [2.45, 2.75) is 63.1 Å². The Labute approximate surface area is 164 Å². The summed E-state index contributed by atoms with van der Waals surface area (Å²) in [7, 11) is 0. The van der Waals surface area contributed by atoms with E-state index in [-0.39, 0.29) is 23.9 Å². The molecule has 1 aliphatic carbocycles. The van der Waals surface area contributed by atoms with E-state index in [2.05, 4.69) is 15.8 Å². The molecule has 2 atom stereocenters. The number of hydrogen-bond acceptors (Lipinski definition) is 5. The molecule has 150 valence electrons. The second-order valence-corrected chi connectivity index (χ2v) is 8.06. The molecule has 2 heterocycles. The van der Waals surface area contributed by atoms with E-state index in [0.717, 1.165) is 31.2 Å². The first-order valence-electron chi connectivity index (χ1n) is 10.1. The molecule has 1 aromatic carbocycles. The second-order valence-electron chi connectivity index (χ2n) is 8.06. The zero-order valence-corrected chi connectivity index (χ0v) is 16.2. The first-order valence-corrected chi connectivity index (χ1v) is 10.1. The third-order valence-electron chi connectivity index (χ3n) is 5.87. The van der Waals surface area contributed by atoms with Crippen molar-refractivity contribution in [2.75, 3.05) is 13.2 Å². The molecular formula is C21H27N3O4. The highest BCUT2D eigenvalue weighted by Crippen LogP contribution is 2.33. The van der Waals surface area contributed by atoms with Gasteiger partial charge in [-0.05, 0) is 38.3 Å². The number of nitrogens with zero attached hydrogens (tertiary/aromatic N) is 1. The van der Waals surface area contributed by atoms with E-state index < -0.39 is 5.60 Å². The lowest BCUT2D eigenvalue weighted by atomic mass is 9.85. The van der Waals surface area contributed by atoms with Crippen LogP contribution < -0.4 is 10.6 Å². The van der Waals surface area contributed by atoms with E-state index in [0.29, 0.717) is 37.3 Å². The Morgan fingerprint density at radius 1 is 1.14 bits per heavy atom. The lowest BCUT2D eigenvalue weighted by Gasteiger charge is -2.38. The van der Waals surface area contributed by atoms with Gasteiger partial charge >= 0.3 is 0 Å². The van der Waals surface area contributed by atoms with Gasteiger partial charge in [0.05, 0.1) is 12.6 Å². The average molecular weight is 385 g/mol. The summed E-state index contributed by atoms with van der Waals surface area (Å²) in [4.78, 5) is 31.0. The maximum Gasteiger partial charge on any atom is 0.269 e. The quantitative estimate of drug-likeness (QED) is 0.831. The molecule has 2 fully saturated rings. The van der Waals surface area contributed by atoms with Gasteiger partial charge in [-0.15, -0.1) is 0 Å². The predicted molar refractivity (Wildman–Crippen MR) is 104 cm³/mol. The molecule has 1 aromatic rings. The van der Waals surface area contributed by atoms with Crippen LogP contribution >= 0.6 is 0 Å². The molecule has 3 aliphatic rings. The number of oxime groups is 1. The second kappa shape index (κ2) is 7.91. The third-order valence-corrected chi connectivity index (χ3v) is 5.87. The maximum atomic E-state index is 12.7. The highest BCUT2D eigenvalue weighted by Gasteiger charge is 2.50. The number of carbonyl (C=O) groups is 2. The van der Waals surface area contributed by atoms with Gasteiger partial charge in [0.2, 0.25) is 0 Å². The Hall–Kier alpha value is -2.41. The summed E-state index contributed by atoms with van der Waals surface area (Å²) in [5.41, 5.74) is 1.20. The number of amides is 2. The number of aryl methyl sites for hydroxylation is 1. The van der Waals surface area contributed by atoms with Crippen molar-refractivity contribution in [3.63, 3.8) is 0 Å². The predicted octanol–water partition coefficient (Wildman–Crippen LogP) is 2.09. The van der Waals surface area contributed by atoms with Crippen molar-refractivity contribution < 1.29 is 19.2 Å². The SMILES string of the molecule is Cc1cccc(C(=O)N[C@H]2CCOC[C@]23CC(C(=O)NC2CCCC2)=NO3)c1. The summed E-state index contributed by atoms with van der Waals surface area (Å²) in [6, 6.07) is 7.43. The van der Waals surface area contributed by atoms with Crippen molar-refractivity contribution in [3.05, 3.63) is 35.4 Å². The standard InChI is InChI=1S/C21H27N3O4/c1-14-5-4-6-15(11-14)19(25)23-18-9-10-27-13-21(18)12-17(24-28-21)20(26)22-16-7-2-3-8-16/h4-6,11,16,18H,2-3,7-10,12-13H2,1H3,(H,22,26)(H,23,25)/t18-,21+/m0/s1. The summed E-state index contributed by atoms with van der Waals surface area (Å²) in [6.07, 6.45) is 5.29. The summed E-state index contributed by atoms with van der Waals surface area (Å²) in [5, 5.41) is 10.2. The minimum Gasteiger partial charge on any atom is -0.384 e. The first kappa shape index (κ1) is 18.9. The van der Waals surface area contributed by atoms with Crippen LogP contribution in [-0.2, 0) is 14.4 Å². The molecule has 0 aromatic heterocycles. The lowest BCUT2D eigenvalue weighted by molar-refractivity contribution is -0.128. The third kappa shape index (κ3) is 3.90. The molecule has 4 rings (SSSR count). The number of hydrogen-bond donors (Lipinski definition) is 2. The highest BCUT2D eigenvalue weighted by atomic mass is 16.7. The number of rotatable bonds is 4. The normalized spacial score (nSPS) is 27.3. The van der Waals surface area contributed by atoms with E-state index in [1.165, 1.54) is 0 Å². The van der Waals surface area contributed by atoms with Crippen LogP contribution in [0, 0.1) is 6.92 Å². The Morgan fingerprint density at radius 3 is 2.75 bits per heavy atom. The summed E-state index contributed by atoms with van der Waals surface area (Å²) >= 11 is 0. The van der Waals surface area contributed by atoms with E-state index >= 15 is 0 Å². The lowest BCUT2D eigenvalue weighted by Crippen LogP contribution is -2.59. The van der Waals surface area contributed by atoms with Crippen molar-refractivity contribution in [3.8, 4) is 0 Å². The Kier molecular flexibility index (Phi) is 5.35. The monoisotopic (exact) mass is 385 g/mol. The Morgan fingerprint density at radius 2 is 1.96 bits per heavy atom. The van der Waals surface area contributed by atoms with E-state index in [1.54, 1.807) is 6.07 Å². The Bertz CT molecular complexity index is 788. The van der Waals surface area contributed by atoms with Gasteiger partial charge in [0, 0.05) is 24.6 Å². The molecule has 0 radical (unpaired) electrons. The average Bonchev–Trinajstić information content (AvgIpc) is 3.34. The van der Waals surface area contributed by atoms with Crippen LogP contribution in [0.1, 0.15) is 54.4 Å². The minimum absolute atomic E-state index is 0.151. The maximum absolute atomic E-state index is 12.7. The van der Waals surface area contributed by atoms with Crippen molar-refractivity contribution in [1.82, 2.24) is 10.6 Å². The van der Waals surface area contributed by atoms with Crippen molar-refractivity contribution in [2.24, 2.45) is 5.16 Å². The van der Waals surface area contributed by atoms with E-state index in [4.69, 9.17) is 9.57 Å². The van der Waals surface area contributed by atoms with Crippen LogP contribution in [0.3, 0.4) is 0 Å². The van der Waals surface area contributed by atoms with Crippen LogP contribution in [0.15, 0.2) is 29.4 Å². The smallest absolute Gasteiger partial charge is 0.269 e. The minimum atomic E-state index is -0.819. The molecule has 1 saturated carbocycles. The summed E-state index contributed by atoms with van der Waals surface area (Å²) in [5.74, 6) is -0.319. The van der Waals surface area contributed by atoms with Gasteiger partial charge in [-0.2, -0.15) is 0 Å². The van der Waals surface area contributed by atoms with Crippen LogP contribution in [0.25, 0.3) is 0 Å². The van der Waals surface area contributed by atoms with Crippen molar-refractivity contribution >= 4 is 17.5 Å². The van der Waals surface area contributed by atoms with Crippen LogP contribution in [0.5, 0.6) is 0 Å². The molecule has 0 bridgehead atoms. The zero-order valence-electron chi connectivity index (χ0n) is 16.2. The van der Waals surface area contributed by atoms with Gasteiger partial charge in [-0.3, -0.25) is 9.59 Å². The molecule has 1 spiro atoms. The van der Waals surface area contributed by atoms with Gasteiger partial charge < -0.3 is 20.2 Å². The summed E-state index contributed by atoms with van der Waals surface area (Å²) in [6.45, 7) is 2.79. The molecular weight excluding hydrogens is 358 g/mol. The van der Waals surface area contributed by atoms with Gasteiger partial charge in [0.15, 0.2) is 5.60 Å². The zero-order chi connectivity index (χ0) is 19.6. The Balaban J connectivity index is 1.42. The highest BCUT2D eigenvalue weighted by molar-refractivity contribution is 6.39. The fourth-order valence-electron chi connectivity index (χ4n) is 4.26. The molecule has 1 saturated heterocycles. The molecule has 7 heteroatoms. The number of carbonyl (C=O) groups excluding carboxylic acids is 2. The summed E-state index contributed by atoms with van der Waals surface area (Å²) < 4.78 is 5.62. The van der Waals surface area contributed by atoms with Crippen molar-refractivity contribution in [1.29, 1.82) is 0 Å². The molecule has 2 amide bonds. The number of ether oxygens (including phenoxy) is 1. The fraction of sp³-hybridized carbons (Fsp3) is 0.571. The van der Waals surface area contributed by atoms with E-state index in [1.807, 2.05) is 25.1 Å². The number of benzene rings is 1. The first-order chi connectivity index (χ1) is 13.6. The molecule has 0 unspecified atom stereocenters. The fourth-order valence-corrected chi connectivity index (χ4v) is 4.26. The topological polar surface area (TPSA) is 89.0 Å². The van der Waals surface area contributed by atoms with Crippen LogP contribution in [-0.4, -0.2) is 48.4 Å². The largest absolute Gasteiger partial charge is 0.384 e. The van der Waals surface area contributed by atoms with Gasteiger partial charge in [-0.1, -0.05) is 35.7 Å². The molecule has 28 heavy (non-hydrogen) atoms. The van der Waals surface area contributed by atoms with Crippen LogP contribution in [0.2, 0.25) is 0 Å². The molecule has 7 nitrogen and oxygen atoms in total. The number of nitrogens with one attached hydrogen (secondary N) is 2. The van der Waals surface area contributed by atoms with Gasteiger partial charge in [0.1, 0.15) is 5.71 Å². The van der Waals surface area contributed by atoms with E-state index in [9.17, 15) is 9.59 Å². The molecule has 2 aliphatic heterocycles. The van der Waals surface area contributed by atoms with Gasteiger partial charge in [0.25, 0.3) is 11.8 Å².